The Labute approximate surface area is 149 Å². The minimum absolute atomic E-state index is 0.802. The Morgan fingerprint density at radius 2 is 0.923 bits per heavy atom. The van der Waals surface area contributed by atoms with Crippen LogP contribution < -0.4 is 27.7 Å². The van der Waals surface area contributed by atoms with E-state index in [4.69, 9.17) is 0 Å². The summed E-state index contributed by atoms with van der Waals surface area (Å²) >= 11 is 0. The van der Waals surface area contributed by atoms with E-state index in [1.54, 1.807) is 15.0 Å². The van der Waals surface area contributed by atoms with E-state index >= 15 is 0 Å². The van der Waals surface area contributed by atoms with Gasteiger partial charge in [0.05, 0.1) is 0 Å². The third kappa shape index (κ3) is 5.82. The monoisotopic (exact) mass is 355 g/mol. The standard InChI is InChI=1S/C15H18N2.C3H3N3O3/c1-16-14-7-3-12(4-8-14)11-13-5-9-15(17-2)10-6-13;7-1-4-2(8)6-3(9)5-1/h3-10,16-17H,11H2,1-2H3;(H3,4,5,6,7,8,9). The van der Waals surface area contributed by atoms with Crippen LogP contribution in [0.25, 0.3) is 0 Å². The van der Waals surface area contributed by atoms with Crippen LogP contribution in [0.5, 0.6) is 0 Å². The summed E-state index contributed by atoms with van der Waals surface area (Å²) in [6.07, 6.45) is 0.980. The van der Waals surface area contributed by atoms with Gasteiger partial charge in [0, 0.05) is 25.5 Å². The number of anilines is 2. The summed E-state index contributed by atoms with van der Waals surface area (Å²) in [5.41, 5.74) is 2.57. The van der Waals surface area contributed by atoms with E-state index in [-0.39, 0.29) is 0 Å². The molecular weight excluding hydrogens is 334 g/mol. The van der Waals surface area contributed by atoms with E-state index in [0.29, 0.717) is 0 Å². The van der Waals surface area contributed by atoms with Crippen molar-refractivity contribution in [2.75, 3.05) is 24.7 Å². The number of rotatable bonds is 4. The van der Waals surface area contributed by atoms with Crippen molar-refractivity contribution in [2.45, 2.75) is 6.42 Å². The Bertz CT molecular complexity index is 861. The highest BCUT2D eigenvalue weighted by molar-refractivity contribution is 5.47. The summed E-state index contributed by atoms with van der Waals surface area (Å²) < 4.78 is 0. The first-order valence-electron chi connectivity index (χ1n) is 7.96. The zero-order chi connectivity index (χ0) is 18.9. The van der Waals surface area contributed by atoms with Crippen molar-refractivity contribution in [1.29, 1.82) is 0 Å². The number of nitrogens with one attached hydrogen (secondary N) is 5. The van der Waals surface area contributed by atoms with E-state index in [1.165, 1.54) is 11.1 Å². The number of hydrogen-bond donors (Lipinski definition) is 5. The molecule has 0 saturated carbocycles. The normalized spacial score (nSPS) is 9.77. The molecule has 2 aromatic carbocycles. The minimum atomic E-state index is -0.802. The summed E-state index contributed by atoms with van der Waals surface area (Å²) in [5, 5.41) is 6.25. The lowest BCUT2D eigenvalue weighted by Crippen LogP contribution is -2.34. The second-order valence-electron chi connectivity index (χ2n) is 5.43. The lowest BCUT2D eigenvalue weighted by molar-refractivity contribution is 0.888. The van der Waals surface area contributed by atoms with Crippen molar-refractivity contribution in [3.8, 4) is 0 Å². The van der Waals surface area contributed by atoms with Gasteiger partial charge in [-0.15, -0.1) is 0 Å². The molecule has 26 heavy (non-hydrogen) atoms. The fourth-order valence-electron chi connectivity index (χ4n) is 2.22. The van der Waals surface area contributed by atoms with Crippen LogP contribution in [0.4, 0.5) is 11.4 Å². The topological polar surface area (TPSA) is 123 Å². The number of hydrogen-bond acceptors (Lipinski definition) is 5. The molecule has 3 aromatic rings. The molecule has 0 radical (unpaired) electrons. The summed E-state index contributed by atoms with van der Waals surface area (Å²) in [6, 6.07) is 17.1. The van der Waals surface area contributed by atoms with Gasteiger partial charge in [0.2, 0.25) is 0 Å². The van der Waals surface area contributed by atoms with Crippen molar-refractivity contribution in [3.63, 3.8) is 0 Å². The first-order chi connectivity index (χ1) is 12.5. The lowest BCUT2D eigenvalue weighted by atomic mass is 10.0. The molecule has 0 spiro atoms. The Balaban J connectivity index is 0.000000228. The second kappa shape index (κ2) is 9.07. The molecule has 1 aromatic heterocycles. The molecule has 0 aliphatic carbocycles. The van der Waals surface area contributed by atoms with Gasteiger partial charge < -0.3 is 10.6 Å². The van der Waals surface area contributed by atoms with Crippen LogP contribution in [0.15, 0.2) is 62.9 Å². The average Bonchev–Trinajstić information content (AvgIpc) is 2.62. The highest BCUT2D eigenvalue weighted by Crippen LogP contribution is 2.15. The Morgan fingerprint density at radius 1 is 0.615 bits per heavy atom. The molecule has 3 rings (SSSR count). The summed E-state index contributed by atoms with van der Waals surface area (Å²) in [7, 11) is 3.87. The SMILES string of the molecule is CNc1ccc(Cc2ccc(NC)cc2)cc1.O=c1[nH]c(=O)[nH]c(=O)[nH]1. The van der Waals surface area contributed by atoms with Gasteiger partial charge in [0.1, 0.15) is 0 Å². The first-order valence-corrected chi connectivity index (χ1v) is 7.96. The molecule has 1 heterocycles. The van der Waals surface area contributed by atoms with Crippen LogP contribution in [0, 0.1) is 0 Å². The van der Waals surface area contributed by atoms with Crippen LogP contribution in [-0.4, -0.2) is 29.0 Å². The smallest absolute Gasteiger partial charge is 0.330 e. The van der Waals surface area contributed by atoms with Crippen LogP contribution in [0.1, 0.15) is 11.1 Å². The van der Waals surface area contributed by atoms with Gasteiger partial charge in [-0.1, -0.05) is 24.3 Å². The Morgan fingerprint density at radius 3 is 1.19 bits per heavy atom. The molecule has 136 valence electrons. The van der Waals surface area contributed by atoms with Crippen LogP contribution >= 0.6 is 0 Å². The first kappa shape index (κ1) is 18.8. The second-order valence-corrected chi connectivity index (χ2v) is 5.43. The van der Waals surface area contributed by atoms with Gasteiger partial charge in [-0.3, -0.25) is 15.0 Å². The van der Waals surface area contributed by atoms with Crippen molar-refractivity contribution in [1.82, 2.24) is 15.0 Å². The van der Waals surface area contributed by atoms with Crippen molar-refractivity contribution < 1.29 is 0 Å². The summed E-state index contributed by atoms with van der Waals surface area (Å²) in [5.74, 6) is 0. The predicted octanol–water partition coefficient (Wildman–Crippen LogP) is 1.11. The van der Waals surface area contributed by atoms with E-state index in [0.717, 1.165) is 17.8 Å². The summed E-state index contributed by atoms with van der Waals surface area (Å²) in [4.78, 5) is 35.9. The zero-order valence-electron chi connectivity index (χ0n) is 14.6. The van der Waals surface area contributed by atoms with E-state index in [9.17, 15) is 14.4 Å². The molecule has 0 aliphatic rings. The largest absolute Gasteiger partial charge is 0.388 e. The van der Waals surface area contributed by atoms with Gasteiger partial charge in [0.25, 0.3) is 0 Å². The van der Waals surface area contributed by atoms with Crippen LogP contribution in [0.2, 0.25) is 0 Å². The lowest BCUT2D eigenvalue weighted by Gasteiger charge is -2.05. The molecule has 0 amide bonds. The fourth-order valence-corrected chi connectivity index (χ4v) is 2.22. The maximum absolute atomic E-state index is 10.2. The van der Waals surface area contributed by atoms with Gasteiger partial charge in [-0.2, -0.15) is 0 Å². The quantitative estimate of drug-likeness (QED) is 0.480. The van der Waals surface area contributed by atoms with Crippen molar-refractivity contribution in [3.05, 3.63) is 91.1 Å². The fraction of sp³-hybridized carbons (Fsp3) is 0.167. The third-order valence-electron chi connectivity index (χ3n) is 3.57. The van der Waals surface area contributed by atoms with Gasteiger partial charge >= 0.3 is 17.1 Å². The molecular formula is C18H21N5O3. The Kier molecular flexibility index (Phi) is 6.55. The highest BCUT2D eigenvalue weighted by Gasteiger charge is 1.97. The molecule has 0 bridgehead atoms. The van der Waals surface area contributed by atoms with E-state index in [2.05, 4.69) is 59.2 Å². The number of H-pyrrole nitrogens is 3. The Hall–Kier alpha value is -3.55. The molecule has 0 atom stereocenters. The maximum Gasteiger partial charge on any atom is 0.330 e. The average molecular weight is 355 g/mol. The van der Waals surface area contributed by atoms with Gasteiger partial charge in [-0.05, 0) is 41.8 Å². The summed E-state index contributed by atoms with van der Waals surface area (Å²) in [6.45, 7) is 0. The van der Waals surface area contributed by atoms with Crippen molar-refractivity contribution in [2.24, 2.45) is 0 Å². The number of aromatic nitrogens is 3. The highest BCUT2D eigenvalue weighted by atomic mass is 16.2. The van der Waals surface area contributed by atoms with Crippen LogP contribution in [-0.2, 0) is 6.42 Å². The third-order valence-corrected chi connectivity index (χ3v) is 3.57. The van der Waals surface area contributed by atoms with Crippen molar-refractivity contribution >= 4 is 11.4 Å². The molecule has 0 saturated heterocycles. The van der Waals surface area contributed by atoms with Gasteiger partial charge in [0.15, 0.2) is 0 Å². The zero-order valence-corrected chi connectivity index (χ0v) is 14.6. The number of benzene rings is 2. The minimum Gasteiger partial charge on any atom is -0.388 e. The molecule has 0 fully saturated rings. The molecule has 0 unspecified atom stereocenters. The molecule has 8 nitrogen and oxygen atoms in total. The maximum atomic E-state index is 10.2. The molecule has 0 aliphatic heterocycles. The van der Waals surface area contributed by atoms with E-state index < -0.39 is 17.1 Å². The molecule has 8 heteroatoms. The predicted molar refractivity (Wildman–Crippen MR) is 103 cm³/mol. The van der Waals surface area contributed by atoms with Crippen LogP contribution in [0.3, 0.4) is 0 Å². The molecule has 5 N–H and O–H groups in total. The van der Waals surface area contributed by atoms with E-state index in [1.807, 2.05) is 14.1 Å². The van der Waals surface area contributed by atoms with Gasteiger partial charge in [-0.25, -0.2) is 14.4 Å². The number of aromatic amines is 3.